The predicted molar refractivity (Wildman–Crippen MR) is 189 cm³/mol. The molecule has 0 bridgehead atoms. The number of nitrogens with zero attached hydrogens (tertiary/aromatic N) is 4. The van der Waals surface area contributed by atoms with E-state index in [1.54, 1.807) is 49.1 Å². The van der Waals surface area contributed by atoms with E-state index in [0.29, 0.717) is 33.8 Å². The van der Waals surface area contributed by atoms with Crippen molar-refractivity contribution in [3.8, 4) is 11.5 Å². The van der Waals surface area contributed by atoms with Crippen LogP contribution in [0.5, 0.6) is 11.5 Å². The highest BCUT2D eigenvalue weighted by Gasteiger charge is 2.56. The van der Waals surface area contributed by atoms with Gasteiger partial charge in [0.15, 0.2) is 34.7 Å². The smallest absolute Gasteiger partial charge is 0.256 e. The van der Waals surface area contributed by atoms with Gasteiger partial charge in [-0.15, -0.1) is 0 Å². The number of aliphatic hydroxyl groups excluding tert-OH is 2. The minimum atomic E-state index is -1.42. The Bertz CT molecular complexity index is 2070. The van der Waals surface area contributed by atoms with Crippen LogP contribution in [0.1, 0.15) is 33.3 Å². The van der Waals surface area contributed by atoms with E-state index in [-0.39, 0.29) is 11.7 Å². The number of imidazole rings is 1. The number of anilines is 1. The Morgan fingerprint density at radius 1 is 0.843 bits per heavy atom. The first-order chi connectivity index (χ1) is 24.9. The molecule has 0 spiro atoms. The van der Waals surface area contributed by atoms with Crippen LogP contribution in [0.15, 0.2) is 122 Å². The van der Waals surface area contributed by atoms with E-state index in [2.05, 4.69) is 20.3 Å². The number of carbonyl (C=O) groups excluding carboxylic acids is 1. The number of amides is 1. The molecule has 1 saturated heterocycles. The van der Waals surface area contributed by atoms with E-state index < -0.39 is 36.1 Å². The highest BCUT2D eigenvalue weighted by molar-refractivity contribution is 6.06. The van der Waals surface area contributed by atoms with Crippen LogP contribution in [-0.4, -0.2) is 81.4 Å². The minimum absolute atomic E-state index is 0.203. The topological polar surface area (TPSA) is 150 Å². The normalized spacial score (nSPS) is 19.5. The van der Waals surface area contributed by atoms with Gasteiger partial charge in [-0.05, 0) is 29.3 Å². The molecule has 260 valence electrons. The number of fused-ring (bicyclic) bond motifs is 1. The summed E-state index contributed by atoms with van der Waals surface area (Å²) in [6.07, 6.45) is -3.11. The predicted octanol–water partition coefficient (Wildman–Crippen LogP) is 4.76. The molecule has 0 radical (unpaired) electrons. The maximum Gasteiger partial charge on any atom is 0.256 e. The van der Waals surface area contributed by atoms with Gasteiger partial charge >= 0.3 is 0 Å². The fourth-order valence-electron chi connectivity index (χ4n) is 7.14. The molecule has 3 heterocycles. The van der Waals surface area contributed by atoms with Gasteiger partial charge in [0.25, 0.3) is 5.91 Å². The zero-order valence-corrected chi connectivity index (χ0v) is 28.2. The van der Waals surface area contributed by atoms with E-state index in [1.165, 1.54) is 19.8 Å². The number of rotatable bonds is 11. The van der Waals surface area contributed by atoms with Gasteiger partial charge < -0.3 is 34.5 Å². The lowest BCUT2D eigenvalue weighted by molar-refractivity contribution is -0.0981. The summed E-state index contributed by atoms with van der Waals surface area (Å²) in [5.41, 5.74) is 1.79. The Labute approximate surface area is 294 Å². The zero-order chi connectivity index (χ0) is 35.5. The second-order valence-electron chi connectivity index (χ2n) is 12.1. The van der Waals surface area contributed by atoms with Crippen LogP contribution in [0.3, 0.4) is 0 Å². The highest BCUT2D eigenvalue weighted by atomic mass is 16.6. The molecule has 5 atom stereocenters. The summed E-state index contributed by atoms with van der Waals surface area (Å²) in [5, 5.41) is 27.7. The lowest BCUT2D eigenvalue weighted by Gasteiger charge is -2.43. The summed E-state index contributed by atoms with van der Waals surface area (Å²) >= 11 is 0. The summed E-state index contributed by atoms with van der Waals surface area (Å²) < 4.78 is 25.8. The van der Waals surface area contributed by atoms with Crippen molar-refractivity contribution in [3.05, 3.63) is 144 Å². The molecule has 1 aliphatic rings. The number of hydrogen-bond acceptors (Lipinski definition) is 10. The number of benzene rings is 4. The molecule has 3 N–H and O–H groups in total. The third-order valence-electron chi connectivity index (χ3n) is 9.46. The summed E-state index contributed by atoms with van der Waals surface area (Å²) in [6, 6.07) is 33.3. The Morgan fingerprint density at radius 2 is 1.49 bits per heavy atom. The van der Waals surface area contributed by atoms with Crippen molar-refractivity contribution in [3.63, 3.8) is 0 Å². The van der Waals surface area contributed by atoms with Crippen LogP contribution >= 0.6 is 0 Å². The van der Waals surface area contributed by atoms with Crippen molar-refractivity contribution in [2.75, 3.05) is 26.6 Å². The number of para-hydroxylation sites is 1. The van der Waals surface area contributed by atoms with Crippen molar-refractivity contribution in [1.82, 2.24) is 19.5 Å². The van der Waals surface area contributed by atoms with E-state index in [1.807, 2.05) is 78.9 Å². The van der Waals surface area contributed by atoms with Gasteiger partial charge in [0.05, 0.1) is 26.0 Å². The second kappa shape index (κ2) is 14.3. The van der Waals surface area contributed by atoms with Gasteiger partial charge in [-0.2, -0.15) is 0 Å². The molecule has 4 aromatic carbocycles. The molecule has 6 aromatic rings. The van der Waals surface area contributed by atoms with Gasteiger partial charge in [-0.3, -0.25) is 9.36 Å². The van der Waals surface area contributed by atoms with Gasteiger partial charge in [-0.25, -0.2) is 15.0 Å². The zero-order valence-electron chi connectivity index (χ0n) is 28.2. The summed E-state index contributed by atoms with van der Waals surface area (Å²) in [5.74, 6) is 0.732. The molecule has 0 aliphatic carbocycles. The Hall–Kier alpha value is -5.66. The van der Waals surface area contributed by atoms with Gasteiger partial charge in [-0.1, -0.05) is 91.0 Å². The number of methoxy groups -OCH3 is 3. The number of aromatic nitrogens is 4. The van der Waals surface area contributed by atoms with Crippen LogP contribution in [0.4, 0.5) is 5.82 Å². The molecule has 1 fully saturated rings. The van der Waals surface area contributed by atoms with Crippen molar-refractivity contribution in [2.45, 2.75) is 36.1 Å². The summed E-state index contributed by atoms with van der Waals surface area (Å²) in [4.78, 5) is 26.2. The number of hydrogen-bond donors (Lipinski definition) is 3. The third kappa shape index (κ3) is 5.77. The highest BCUT2D eigenvalue weighted by Crippen LogP contribution is 2.51. The fraction of sp³-hybridized carbons (Fsp3) is 0.231. The van der Waals surface area contributed by atoms with Gasteiger partial charge in [0.1, 0.15) is 30.7 Å². The largest absolute Gasteiger partial charge is 0.493 e. The molecular weight excluding hydrogens is 650 g/mol. The Kier molecular flexibility index (Phi) is 9.48. The fourth-order valence-corrected chi connectivity index (χ4v) is 7.14. The van der Waals surface area contributed by atoms with E-state index in [0.717, 1.165) is 11.1 Å². The van der Waals surface area contributed by atoms with Crippen molar-refractivity contribution in [2.24, 2.45) is 0 Å². The molecule has 1 aliphatic heterocycles. The molecular formula is C39H37N5O7. The van der Waals surface area contributed by atoms with Crippen LogP contribution in [0.2, 0.25) is 0 Å². The lowest BCUT2D eigenvalue weighted by Crippen LogP contribution is -2.52. The maximum absolute atomic E-state index is 13.0. The molecule has 12 nitrogen and oxygen atoms in total. The molecule has 51 heavy (non-hydrogen) atoms. The minimum Gasteiger partial charge on any atom is -0.493 e. The van der Waals surface area contributed by atoms with Crippen molar-refractivity contribution >= 4 is 22.9 Å². The van der Waals surface area contributed by atoms with Gasteiger partial charge in [0, 0.05) is 18.2 Å². The maximum atomic E-state index is 13.0. The first kappa shape index (κ1) is 33.8. The van der Waals surface area contributed by atoms with E-state index >= 15 is 0 Å². The molecule has 2 aromatic heterocycles. The van der Waals surface area contributed by atoms with E-state index in [9.17, 15) is 15.0 Å². The van der Waals surface area contributed by atoms with Crippen molar-refractivity contribution in [1.29, 1.82) is 0 Å². The average molecular weight is 688 g/mol. The quantitative estimate of drug-likeness (QED) is 0.163. The second-order valence-corrected chi connectivity index (χ2v) is 12.1. The Balaban J connectivity index is 1.34. The first-order valence-electron chi connectivity index (χ1n) is 16.3. The Morgan fingerprint density at radius 3 is 2.10 bits per heavy atom. The van der Waals surface area contributed by atoms with Crippen LogP contribution in [0.25, 0.3) is 11.2 Å². The molecule has 7 rings (SSSR count). The summed E-state index contributed by atoms with van der Waals surface area (Å²) in [7, 11) is 4.57. The summed E-state index contributed by atoms with van der Waals surface area (Å²) in [6.45, 7) is 0. The lowest BCUT2D eigenvalue weighted by atomic mass is 9.63. The molecule has 12 heteroatoms. The molecule has 1 amide bonds. The van der Waals surface area contributed by atoms with Crippen LogP contribution in [0, 0.1) is 0 Å². The molecule has 5 unspecified atom stereocenters. The number of aliphatic hydroxyl groups is 2. The first-order valence-corrected chi connectivity index (χ1v) is 16.3. The van der Waals surface area contributed by atoms with Crippen molar-refractivity contribution < 1.29 is 34.0 Å². The van der Waals surface area contributed by atoms with Crippen LogP contribution < -0.4 is 14.8 Å². The molecule has 0 saturated carbocycles. The number of carbonyl (C=O) groups is 1. The monoisotopic (exact) mass is 687 g/mol. The number of nitrogens with one attached hydrogen (secondary N) is 1. The third-order valence-corrected chi connectivity index (χ3v) is 9.46. The van der Waals surface area contributed by atoms with Gasteiger partial charge in [0.2, 0.25) is 0 Å². The average Bonchev–Trinajstić information content (AvgIpc) is 3.77. The standard InChI is InChI=1S/C39H37N5O7/c1-48-28-21-13-20-27(31(28)49-2)39(25-16-9-5-10-17-25,26-18-11-6-12-19-26)34(46)32-30(45)33(50-3)38(51-32)44-23-42-29-35(40-22-41-36(29)44)43-37(47)24-14-7-4-8-15-24/h4-23,30,32-34,38,45-46H,1-3H3,(H,40,41,43,47). The van der Waals surface area contributed by atoms with E-state index in [4.69, 9.17) is 18.9 Å². The number of ether oxygens (including phenoxy) is 4. The SMILES string of the molecule is COc1cccc(C(c2ccccc2)(c2ccccc2)C(O)C2OC(n3cnc4c(NC(=O)c5ccccc5)ncnc43)C(OC)C2O)c1OC. The van der Waals surface area contributed by atoms with Crippen LogP contribution in [-0.2, 0) is 14.9 Å².